The molecule has 1 heterocycles. The third-order valence-electron chi connectivity index (χ3n) is 3.38. The van der Waals surface area contributed by atoms with Crippen LogP contribution in [0.3, 0.4) is 0 Å². The van der Waals surface area contributed by atoms with Gasteiger partial charge in [0, 0.05) is 11.6 Å². The van der Waals surface area contributed by atoms with Gasteiger partial charge in [0.05, 0.1) is 22.6 Å². The summed E-state index contributed by atoms with van der Waals surface area (Å²) in [5.41, 5.74) is 1.49. The van der Waals surface area contributed by atoms with Crippen molar-refractivity contribution in [1.82, 2.24) is 9.78 Å². The Hall–Kier alpha value is -2.01. The van der Waals surface area contributed by atoms with E-state index in [0.717, 1.165) is 10.2 Å². The van der Waals surface area contributed by atoms with Crippen LogP contribution < -0.4 is 10.9 Å². The van der Waals surface area contributed by atoms with Gasteiger partial charge in [-0.15, -0.1) is 0 Å². The summed E-state index contributed by atoms with van der Waals surface area (Å²) in [6.07, 6.45) is 1.50. The zero-order valence-corrected chi connectivity index (χ0v) is 14.6. The van der Waals surface area contributed by atoms with E-state index in [1.54, 1.807) is 18.2 Å². The molecule has 0 bridgehead atoms. The highest BCUT2D eigenvalue weighted by atomic mass is 35.5. The van der Waals surface area contributed by atoms with Crippen LogP contribution in [0.25, 0.3) is 5.69 Å². The van der Waals surface area contributed by atoms with Crippen LogP contribution in [-0.4, -0.2) is 9.78 Å². The molecule has 0 amide bonds. The Morgan fingerprint density at radius 3 is 2.50 bits per heavy atom. The van der Waals surface area contributed by atoms with E-state index in [1.165, 1.54) is 6.20 Å². The first-order chi connectivity index (χ1) is 11.6. The quantitative estimate of drug-likeness (QED) is 0.707. The molecule has 0 atom stereocenters. The van der Waals surface area contributed by atoms with E-state index in [0.29, 0.717) is 28.0 Å². The topological polar surface area (TPSA) is 46.9 Å². The van der Waals surface area contributed by atoms with Crippen molar-refractivity contribution in [2.45, 2.75) is 6.54 Å². The zero-order valence-electron chi connectivity index (χ0n) is 12.3. The Bertz CT molecular complexity index is 926. The first kappa shape index (κ1) is 16.8. The van der Waals surface area contributed by atoms with Gasteiger partial charge >= 0.3 is 0 Å². The van der Waals surface area contributed by atoms with Crippen molar-refractivity contribution in [2.75, 3.05) is 5.32 Å². The summed E-state index contributed by atoms with van der Waals surface area (Å²) in [5.74, 6) is 0. The van der Waals surface area contributed by atoms with Crippen LogP contribution >= 0.6 is 34.8 Å². The molecule has 0 saturated carbocycles. The van der Waals surface area contributed by atoms with Gasteiger partial charge < -0.3 is 5.32 Å². The number of aromatic nitrogens is 2. The lowest BCUT2D eigenvalue weighted by atomic mass is 10.2. The highest BCUT2D eigenvalue weighted by Gasteiger charge is 2.13. The van der Waals surface area contributed by atoms with E-state index < -0.39 is 5.56 Å². The number of benzene rings is 2. The van der Waals surface area contributed by atoms with Crippen LogP contribution in [0.15, 0.2) is 59.5 Å². The van der Waals surface area contributed by atoms with Crippen molar-refractivity contribution in [1.29, 1.82) is 0 Å². The molecule has 0 radical (unpaired) electrons. The van der Waals surface area contributed by atoms with Gasteiger partial charge in [-0.2, -0.15) is 9.78 Å². The predicted octanol–water partition coefficient (Wildman–Crippen LogP) is 4.80. The maximum atomic E-state index is 12.5. The average molecular weight is 381 g/mol. The molecule has 1 aromatic heterocycles. The fraction of sp³-hybridized carbons (Fsp3) is 0.0588. The lowest BCUT2D eigenvalue weighted by molar-refractivity contribution is 0.807. The molecule has 0 saturated heterocycles. The van der Waals surface area contributed by atoms with Gasteiger partial charge in [0.2, 0.25) is 0 Å². The van der Waals surface area contributed by atoms with Crippen molar-refractivity contribution in [3.05, 3.63) is 85.7 Å². The number of hydrogen-bond acceptors (Lipinski definition) is 3. The normalized spacial score (nSPS) is 10.6. The van der Waals surface area contributed by atoms with Gasteiger partial charge in [0.25, 0.3) is 5.56 Å². The first-order valence-corrected chi connectivity index (χ1v) is 8.20. The minimum atomic E-state index is -0.459. The summed E-state index contributed by atoms with van der Waals surface area (Å²) < 4.78 is 1.15. The average Bonchev–Trinajstić information content (AvgIpc) is 2.58. The number of rotatable bonds is 4. The fourth-order valence-electron chi connectivity index (χ4n) is 2.17. The van der Waals surface area contributed by atoms with Crippen molar-refractivity contribution in [3.8, 4) is 5.69 Å². The van der Waals surface area contributed by atoms with Gasteiger partial charge in [-0.3, -0.25) is 4.79 Å². The van der Waals surface area contributed by atoms with Crippen molar-refractivity contribution < 1.29 is 0 Å². The second-order valence-corrected chi connectivity index (χ2v) is 6.25. The molecule has 122 valence electrons. The molecule has 2 aromatic carbocycles. The summed E-state index contributed by atoms with van der Waals surface area (Å²) in [4.78, 5) is 12.5. The van der Waals surface area contributed by atoms with E-state index in [1.807, 2.05) is 30.3 Å². The smallest absolute Gasteiger partial charge is 0.292 e. The van der Waals surface area contributed by atoms with Gasteiger partial charge in [-0.25, -0.2) is 0 Å². The molecule has 7 heteroatoms. The van der Waals surface area contributed by atoms with Crippen LogP contribution in [0.5, 0.6) is 0 Å². The molecule has 0 aliphatic rings. The van der Waals surface area contributed by atoms with E-state index in [-0.39, 0.29) is 5.02 Å². The number of nitrogens with zero attached hydrogens (tertiary/aromatic N) is 2. The molecule has 0 aliphatic carbocycles. The highest BCUT2D eigenvalue weighted by Crippen LogP contribution is 2.24. The minimum Gasteiger partial charge on any atom is -0.378 e. The summed E-state index contributed by atoms with van der Waals surface area (Å²) in [5, 5.41) is 8.09. The highest BCUT2D eigenvalue weighted by molar-refractivity contribution is 6.36. The lowest BCUT2D eigenvalue weighted by Crippen LogP contribution is -2.23. The number of anilines is 1. The fourth-order valence-corrected chi connectivity index (χ4v) is 2.86. The summed E-state index contributed by atoms with van der Waals surface area (Å²) >= 11 is 18.2. The Balaban J connectivity index is 1.90. The summed E-state index contributed by atoms with van der Waals surface area (Å²) in [6, 6.07) is 14.6. The Morgan fingerprint density at radius 2 is 1.79 bits per heavy atom. The van der Waals surface area contributed by atoms with Crippen LogP contribution in [0.4, 0.5) is 5.69 Å². The largest absolute Gasteiger partial charge is 0.378 e. The van der Waals surface area contributed by atoms with Gasteiger partial charge in [-0.1, -0.05) is 65.1 Å². The van der Waals surface area contributed by atoms with E-state index in [9.17, 15) is 4.79 Å². The second-order valence-electron chi connectivity index (χ2n) is 5.02. The standard InChI is InChI=1S/C17H12Cl3N3O/c18-12-6-7-15(13(19)8-12)23-17(24)16(20)14(10-22-23)21-9-11-4-2-1-3-5-11/h1-8,10,21H,9H2. The molecule has 0 spiro atoms. The maximum absolute atomic E-state index is 12.5. The molecule has 3 aromatic rings. The molecule has 3 rings (SSSR count). The number of nitrogens with one attached hydrogen (secondary N) is 1. The first-order valence-electron chi connectivity index (χ1n) is 7.07. The summed E-state index contributed by atoms with van der Waals surface area (Å²) in [6.45, 7) is 0.535. The molecular weight excluding hydrogens is 369 g/mol. The number of hydrogen-bond donors (Lipinski definition) is 1. The Kier molecular flexibility index (Phi) is 5.09. The van der Waals surface area contributed by atoms with Crippen molar-refractivity contribution in [3.63, 3.8) is 0 Å². The van der Waals surface area contributed by atoms with Gasteiger partial charge in [0.1, 0.15) is 5.02 Å². The van der Waals surface area contributed by atoms with Crippen LogP contribution in [0.2, 0.25) is 15.1 Å². The molecule has 4 nitrogen and oxygen atoms in total. The Morgan fingerprint density at radius 1 is 1.04 bits per heavy atom. The third kappa shape index (κ3) is 3.56. The maximum Gasteiger partial charge on any atom is 0.292 e. The molecule has 0 unspecified atom stereocenters. The van der Waals surface area contributed by atoms with Crippen molar-refractivity contribution >= 4 is 40.5 Å². The minimum absolute atomic E-state index is 0.0481. The van der Waals surface area contributed by atoms with Gasteiger partial charge in [0.15, 0.2) is 0 Å². The monoisotopic (exact) mass is 379 g/mol. The van der Waals surface area contributed by atoms with Crippen LogP contribution in [0, 0.1) is 0 Å². The molecular formula is C17H12Cl3N3O. The SMILES string of the molecule is O=c1c(Cl)c(NCc2ccccc2)cnn1-c1ccc(Cl)cc1Cl. The van der Waals surface area contributed by atoms with Crippen LogP contribution in [0.1, 0.15) is 5.56 Å². The molecule has 0 aliphatic heterocycles. The number of halogens is 3. The lowest BCUT2D eigenvalue weighted by Gasteiger charge is -2.11. The predicted molar refractivity (Wildman–Crippen MR) is 98.6 cm³/mol. The molecule has 24 heavy (non-hydrogen) atoms. The zero-order chi connectivity index (χ0) is 17.1. The van der Waals surface area contributed by atoms with E-state index in [2.05, 4.69) is 10.4 Å². The second kappa shape index (κ2) is 7.26. The molecule has 0 fully saturated rings. The van der Waals surface area contributed by atoms with E-state index in [4.69, 9.17) is 34.8 Å². The molecule has 1 N–H and O–H groups in total. The van der Waals surface area contributed by atoms with Gasteiger partial charge in [-0.05, 0) is 23.8 Å². The summed E-state index contributed by atoms with van der Waals surface area (Å²) in [7, 11) is 0. The Labute approximate surface area is 153 Å². The van der Waals surface area contributed by atoms with E-state index >= 15 is 0 Å². The van der Waals surface area contributed by atoms with Crippen molar-refractivity contribution in [2.24, 2.45) is 0 Å². The third-order valence-corrected chi connectivity index (χ3v) is 4.29. The van der Waals surface area contributed by atoms with Crippen LogP contribution in [-0.2, 0) is 6.54 Å².